The number of nitrogens with one attached hydrogen (secondary N) is 1. The summed E-state index contributed by atoms with van der Waals surface area (Å²) in [4.78, 5) is 4.33. The summed E-state index contributed by atoms with van der Waals surface area (Å²) in [7, 11) is 0. The van der Waals surface area contributed by atoms with Crippen LogP contribution < -0.4 is 5.32 Å². The first-order valence-electron chi connectivity index (χ1n) is 5.09. The van der Waals surface area contributed by atoms with Crippen molar-refractivity contribution in [2.45, 2.75) is 25.8 Å². The van der Waals surface area contributed by atoms with Gasteiger partial charge in [0.05, 0.1) is 10.0 Å². The highest BCUT2D eigenvalue weighted by atomic mass is 79.9. The van der Waals surface area contributed by atoms with Crippen LogP contribution in [0.4, 0.5) is 5.82 Å². The fraction of sp³-hybridized carbons (Fsp3) is 0.545. The fourth-order valence-corrected chi connectivity index (χ4v) is 2.62. The minimum atomic E-state index is -0.298. The monoisotopic (exact) mass is 324 g/mol. The normalized spacial score (nSPS) is 11.6. The van der Waals surface area contributed by atoms with Gasteiger partial charge in [0.2, 0.25) is 0 Å². The van der Waals surface area contributed by atoms with Crippen molar-refractivity contribution >= 4 is 44.9 Å². The van der Waals surface area contributed by atoms with Gasteiger partial charge in [-0.1, -0.05) is 6.92 Å². The van der Waals surface area contributed by atoms with Crippen molar-refractivity contribution in [3.05, 3.63) is 22.3 Å². The van der Waals surface area contributed by atoms with Crippen LogP contribution in [0.15, 0.2) is 16.7 Å². The first-order chi connectivity index (χ1) is 7.56. The lowest BCUT2D eigenvalue weighted by Gasteiger charge is -2.30. The molecule has 0 unspecified atom stereocenters. The number of rotatable bonds is 5. The number of halogens is 3. The van der Waals surface area contributed by atoms with Gasteiger partial charge >= 0.3 is 0 Å². The van der Waals surface area contributed by atoms with E-state index in [2.05, 4.69) is 33.2 Å². The van der Waals surface area contributed by atoms with Crippen molar-refractivity contribution < 1.29 is 0 Å². The number of aromatic nitrogens is 1. The Labute approximate surface area is 115 Å². The molecule has 0 aliphatic carbocycles. The van der Waals surface area contributed by atoms with Gasteiger partial charge in [0.15, 0.2) is 0 Å². The summed E-state index contributed by atoms with van der Waals surface area (Å²) in [6.45, 7) is 4.05. The molecule has 0 fully saturated rings. The minimum Gasteiger partial charge on any atom is -0.361 e. The van der Waals surface area contributed by atoms with Crippen molar-refractivity contribution in [1.82, 2.24) is 4.98 Å². The maximum atomic E-state index is 5.97. The van der Waals surface area contributed by atoms with E-state index in [-0.39, 0.29) is 5.54 Å². The van der Waals surface area contributed by atoms with Crippen LogP contribution in [0, 0.1) is 6.92 Å². The number of hydrogen-bond acceptors (Lipinski definition) is 2. The second-order valence-electron chi connectivity index (χ2n) is 3.87. The van der Waals surface area contributed by atoms with E-state index in [0.717, 1.165) is 22.3 Å². The summed E-state index contributed by atoms with van der Waals surface area (Å²) in [5.41, 5.74) is 0.810. The van der Waals surface area contributed by atoms with Gasteiger partial charge in [-0.3, -0.25) is 0 Å². The van der Waals surface area contributed by atoms with E-state index in [1.54, 1.807) is 0 Å². The standard InChI is InChI=1S/C11H15BrCl2N2/c1-3-11(6-13,7-14)16-10-9(12)4-8(2)5-15-10/h4-5H,3,6-7H2,1-2H3,(H,15,16). The van der Waals surface area contributed by atoms with Gasteiger partial charge in [0.25, 0.3) is 0 Å². The number of aryl methyl sites for hydroxylation is 1. The summed E-state index contributed by atoms with van der Waals surface area (Å²) in [5, 5.41) is 3.32. The number of alkyl halides is 2. The van der Waals surface area contributed by atoms with Crippen LogP contribution in [-0.2, 0) is 0 Å². The Bertz CT molecular complexity index is 346. The molecule has 1 N–H and O–H groups in total. The van der Waals surface area contributed by atoms with E-state index in [1.807, 2.05) is 19.2 Å². The van der Waals surface area contributed by atoms with E-state index in [4.69, 9.17) is 23.2 Å². The third kappa shape index (κ3) is 3.25. The molecule has 2 nitrogen and oxygen atoms in total. The summed E-state index contributed by atoms with van der Waals surface area (Å²) >= 11 is 15.4. The highest BCUT2D eigenvalue weighted by Crippen LogP contribution is 2.26. The molecule has 1 heterocycles. The van der Waals surface area contributed by atoms with Gasteiger partial charge in [-0.25, -0.2) is 4.98 Å². The summed E-state index contributed by atoms with van der Waals surface area (Å²) in [6.07, 6.45) is 2.66. The molecular formula is C11H15BrCl2N2. The van der Waals surface area contributed by atoms with Crippen molar-refractivity contribution in [3.8, 4) is 0 Å². The van der Waals surface area contributed by atoms with Crippen molar-refractivity contribution in [3.63, 3.8) is 0 Å². The van der Waals surface area contributed by atoms with E-state index in [0.29, 0.717) is 11.8 Å². The second kappa shape index (κ2) is 6.08. The van der Waals surface area contributed by atoms with Gasteiger partial charge in [-0.15, -0.1) is 23.2 Å². The van der Waals surface area contributed by atoms with Gasteiger partial charge < -0.3 is 5.32 Å². The van der Waals surface area contributed by atoms with Crippen LogP contribution in [0.1, 0.15) is 18.9 Å². The Morgan fingerprint density at radius 2 is 2.06 bits per heavy atom. The zero-order valence-corrected chi connectivity index (χ0v) is 12.5. The summed E-state index contributed by atoms with van der Waals surface area (Å²) in [6, 6.07) is 2.01. The molecular weight excluding hydrogens is 311 g/mol. The quantitative estimate of drug-likeness (QED) is 0.821. The highest BCUT2D eigenvalue weighted by Gasteiger charge is 2.27. The second-order valence-corrected chi connectivity index (χ2v) is 5.26. The van der Waals surface area contributed by atoms with Gasteiger partial charge in [0, 0.05) is 18.0 Å². The smallest absolute Gasteiger partial charge is 0.140 e. The molecule has 90 valence electrons. The average molecular weight is 326 g/mol. The van der Waals surface area contributed by atoms with E-state index < -0.39 is 0 Å². The number of anilines is 1. The molecule has 0 spiro atoms. The van der Waals surface area contributed by atoms with Crippen molar-refractivity contribution in [2.24, 2.45) is 0 Å². The topological polar surface area (TPSA) is 24.9 Å². The molecule has 1 aromatic rings. The summed E-state index contributed by atoms with van der Waals surface area (Å²) in [5.74, 6) is 1.69. The molecule has 1 aromatic heterocycles. The van der Waals surface area contributed by atoms with E-state index >= 15 is 0 Å². The third-order valence-corrected chi connectivity index (χ3v) is 4.18. The Balaban J connectivity index is 2.93. The van der Waals surface area contributed by atoms with Gasteiger partial charge in [-0.05, 0) is 40.9 Å². The zero-order chi connectivity index (χ0) is 12.2. The molecule has 1 rings (SSSR count). The Hall–Kier alpha value is 0.01000. The zero-order valence-electron chi connectivity index (χ0n) is 9.36. The molecule has 0 saturated carbocycles. The minimum absolute atomic E-state index is 0.298. The molecule has 0 radical (unpaired) electrons. The van der Waals surface area contributed by atoms with Crippen LogP contribution in [0.25, 0.3) is 0 Å². The molecule has 0 aliphatic heterocycles. The lowest BCUT2D eigenvalue weighted by Crippen LogP contribution is -2.42. The van der Waals surface area contributed by atoms with Crippen molar-refractivity contribution in [2.75, 3.05) is 17.1 Å². The summed E-state index contributed by atoms with van der Waals surface area (Å²) < 4.78 is 0.931. The Kier molecular flexibility index (Phi) is 5.35. The number of nitrogens with zero attached hydrogens (tertiary/aromatic N) is 1. The molecule has 0 saturated heterocycles. The fourth-order valence-electron chi connectivity index (χ4n) is 1.26. The SMILES string of the molecule is CCC(CCl)(CCl)Nc1ncc(C)cc1Br. The number of hydrogen-bond donors (Lipinski definition) is 1. The number of pyridine rings is 1. The highest BCUT2D eigenvalue weighted by molar-refractivity contribution is 9.10. The van der Waals surface area contributed by atoms with Crippen molar-refractivity contribution in [1.29, 1.82) is 0 Å². The molecule has 16 heavy (non-hydrogen) atoms. The van der Waals surface area contributed by atoms with Crippen LogP contribution in [0.5, 0.6) is 0 Å². The Morgan fingerprint density at radius 3 is 2.50 bits per heavy atom. The first kappa shape index (κ1) is 14.1. The molecule has 0 aromatic carbocycles. The molecule has 0 aliphatic rings. The molecule has 0 atom stereocenters. The lowest BCUT2D eigenvalue weighted by molar-refractivity contribution is 0.557. The molecule has 0 bridgehead atoms. The molecule has 5 heteroatoms. The van der Waals surface area contributed by atoms with Gasteiger partial charge in [0.1, 0.15) is 5.82 Å². The van der Waals surface area contributed by atoms with Crippen LogP contribution in [0.2, 0.25) is 0 Å². The van der Waals surface area contributed by atoms with Crippen LogP contribution >= 0.6 is 39.1 Å². The maximum absolute atomic E-state index is 5.97. The Morgan fingerprint density at radius 1 is 1.44 bits per heavy atom. The van der Waals surface area contributed by atoms with E-state index in [9.17, 15) is 0 Å². The molecule has 0 amide bonds. The third-order valence-electron chi connectivity index (χ3n) is 2.55. The van der Waals surface area contributed by atoms with Crippen LogP contribution in [0.3, 0.4) is 0 Å². The van der Waals surface area contributed by atoms with Crippen LogP contribution in [-0.4, -0.2) is 22.3 Å². The predicted molar refractivity (Wildman–Crippen MR) is 74.8 cm³/mol. The van der Waals surface area contributed by atoms with E-state index in [1.165, 1.54) is 0 Å². The largest absolute Gasteiger partial charge is 0.361 e. The van der Waals surface area contributed by atoms with Gasteiger partial charge in [-0.2, -0.15) is 0 Å². The maximum Gasteiger partial charge on any atom is 0.140 e. The lowest BCUT2D eigenvalue weighted by atomic mass is 10.0. The average Bonchev–Trinajstić information content (AvgIpc) is 2.29. The predicted octanol–water partition coefficient (Wildman–Crippen LogP) is 4.19. The first-order valence-corrected chi connectivity index (χ1v) is 6.95.